The summed E-state index contributed by atoms with van der Waals surface area (Å²) in [5.41, 5.74) is 0.0280. The van der Waals surface area contributed by atoms with Crippen LogP contribution >= 0.6 is 0 Å². The number of hydrogen-bond donors (Lipinski definition) is 1. The van der Waals surface area contributed by atoms with Crippen LogP contribution in [0.5, 0.6) is 0 Å². The predicted molar refractivity (Wildman–Crippen MR) is 77.1 cm³/mol. The molecule has 0 aliphatic carbocycles. The minimum absolute atomic E-state index is 0.0444. The topological polar surface area (TPSA) is 101 Å². The third kappa shape index (κ3) is 3.78. The molecule has 7 nitrogen and oxygen atoms in total. The Balaban J connectivity index is 2.14. The summed E-state index contributed by atoms with van der Waals surface area (Å²) in [4.78, 5) is 10.4. The van der Waals surface area contributed by atoms with Crippen molar-refractivity contribution in [2.24, 2.45) is 5.92 Å². The van der Waals surface area contributed by atoms with E-state index in [1.165, 1.54) is 22.5 Å². The van der Waals surface area contributed by atoms with E-state index in [9.17, 15) is 18.5 Å². The maximum atomic E-state index is 12.4. The van der Waals surface area contributed by atoms with Gasteiger partial charge in [0.2, 0.25) is 10.0 Å². The number of para-hydroxylation sites is 1. The van der Waals surface area contributed by atoms with E-state index in [1.54, 1.807) is 6.07 Å². The number of nitro benzene ring substituents is 1. The lowest BCUT2D eigenvalue weighted by Crippen LogP contribution is -2.30. The number of nitrogens with zero attached hydrogens (tertiary/aromatic N) is 2. The average Bonchev–Trinajstić information content (AvgIpc) is 2.88. The number of nitro groups is 1. The van der Waals surface area contributed by atoms with Gasteiger partial charge in [-0.25, -0.2) is 12.7 Å². The van der Waals surface area contributed by atoms with Crippen molar-refractivity contribution in [3.8, 4) is 0 Å². The van der Waals surface area contributed by atoms with E-state index < -0.39 is 14.9 Å². The molecule has 8 heteroatoms. The van der Waals surface area contributed by atoms with Gasteiger partial charge in [-0.05, 0) is 18.8 Å². The highest BCUT2D eigenvalue weighted by Gasteiger charge is 2.32. The Morgan fingerprint density at radius 1 is 1.38 bits per heavy atom. The first-order chi connectivity index (χ1) is 9.94. The number of aliphatic hydroxyl groups excluding tert-OH is 1. The molecule has 0 amide bonds. The summed E-state index contributed by atoms with van der Waals surface area (Å²) in [6, 6.07) is 5.89. The first kappa shape index (κ1) is 15.9. The largest absolute Gasteiger partial charge is 0.396 e. The molecule has 1 aliphatic heterocycles. The highest BCUT2D eigenvalue weighted by atomic mass is 32.2. The summed E-state index contributed by atoms with van der Waals surface area (Å²) in [5.74, 6) is -0.203. The van der Waals surface area contributed by atoms with Gasteiger partial charge in [0.25, 0.3) is 5.69 Å². The van der Waals surface area contributed by atoms with Crippen LogP contribution in [0.1, 0.15) is 18.4 Å². The van der Waals surface area contributed by atoms with Gasteiger partial charge in [0.15, 0.2) is 0 Å². The molecule has 116 valence electrons. The second-order valence-electron chi connectivity index (χ2n) is 5.17. The molecule has 1 fully saturated rings. The van der Waals surface area contributed by atoms with Crippen LogP contribution in [-0.4, -0.2) is 42.4 Å². The maximum Gasteiger partial charge on any atom is 0.273 e. The number of aliphatic hydroxyl groups is 1. The number of benzene rings is 1. The fourth-order valence-corrected chi connectivity index (χ4v) is 4.21. The highest BCUT2D eigenvalue weighted by molar-refractivity contribution is 7.88. The van der Waals surface area contributed by atoms with Crippen molar-refractivity contribution in [3.05, 3.63) is 39.9 Å². The predicted octanol–water partition coefficient (Wildman–Crippen LogP) is 1.13. The number of sulfonamides is 1. The third-order valence-corrected chi connectivity index (χ3v) is 5.50. The van der Waals surface area contributed by atoms with E-state index in [-0.39, 0.29) is 29.5 Å². The second kappa shape index (κ2) is 6.50. The molecule has 1 unspecified atom stereocenters. The fraction of sp³-hybridized carbons (Fsp3) is 0.538. The standard InChI is InChI=1S/C13H18N2O5S/c16-8-6-11-5-7-14(9-11)21(19,20)10-12-3-1-2-4-13(12)15(17)18/h1-4,11,16H,5-10H2. The van der Waals surface area contributed by atoms with Gasteiger partial charge < -0.3 is 5.11 Å². The van der Waals surface area contributed by atoms with Crippen molar-refractivity contribution >= 4 is 15.7 Å². The summed E-state index contributed by atoms with van der Waals surface area (Å²) in [6.45, 7) is 0.833. The van der Waals surface area contributed by atoms with Crippen molar-refractivity contribution < 1.29 is 18.4 Å². The summed E-state index contributed by atoms with van der Waals surface area (Å²) >= 11 is 0. The summed E-state index contributed by atoms with van der Waals surface area (Å²) < 4.78 is 26.1. The van der Waals surface area contributed by atoms with Gasteiger partial charge in [-0.2, -0.15) is 0 Å². The van der Waals surface area contributed by atoms with Gasteiger partial charge >= 0.3 is 0 Å². The van der Waals surface area contributed by atoms with Crippen LogP contribution in [0.2, 0.25) is 0 Å². The Morgan fingerprint density at radius 2 is 2.10 bits per heavy atom. The lowest BCUT2D eigenvalue weighted by Gasteiger charge is -2.16. The molecule has 1 aromatic rings. The normalized spacial score (nSPS) is 19.8. The minimum Gasteiger partial charge on any atom is -0.396 e. The van der Waals surface area contributed by atoms with E-state index in [0.29, 0.717) is 19.5 Å². The van der Waals surface area contributed by atoms with E-state index in [1.807, 2.05) is 0 Å². The first-order valence-corrected chi connectivity index (χ1v) is 8.36. The Morgan fingerprint density at radius 3 is 2.76 bits per heavy atom. The summed E-state index contributed by atoms with van der Waals surface area (Å²) in [7, 11) is -3.57. The molecule has 1 atom stereocenters. The molecule has 1 saturated heterocycles. The van der Waals surface area contributed by atoms with E-state index >= 15 is 0 Å². The number of rotatable bonds is 6. The monoisotopic (exact) mass is 314 g/mol. The molecule has 1 heterocycles. The van der Waals surface area contributed by atoms with Gasteiger partial charge in [0.1, 0.15) is 0 Å². The van der Waals surface area contributed by atoms with Crippen molar-refractivity contribution in [3.63, 3.8) is 0 Å². The zero-order valence-electron chi connectivity index (χ0n) is 11.5. The van der Waals surface area contributed by atoms with E-state index in [0.717, 1.165) is 6.42 Å². The SMILES string of the molecule is O=[N+]([O-])c1ccccc1CS(=O)(=O)N1CCC(CCO)C1. The molecule has 0 aromatic heterocycles. The molecule has 0 saturated carbocycles. The first-order valence-electron chi connectivity index (χ1n) is 6.75. The van der Waals surface area contributed by atoms with E-state index in [2.05, 4.69) is 0 Å². The van der Waals surface area contributed by atoms with Crippen LogP contribution in [0.4, 0.5) is 5.69 Å². The zero-order valence-corrected chi connectivity index (χ0v) is 12.3. The Bertz CT molecular complexity index is 617. The van der Waals surface area contributed by atoms with Crippen molar-refractivity contribution in [1.29, 1.82) is 0 Å². The third-order valence-electron chi connectivity index (χ3n) is 3.71. The van der Waals surface area contributed by atoms with Crippen LogP contribution in [-0.2, 0) is 15.8 Å². The molecule has 2 rings (SSSR count). The van der Waals surface area contributed by atoms with Crippen LogP contribution in [0, 0.1) is 16.0 Å². The van der Waals surface area contributed by atoms with Crippen LogP contribution in [0.25, 0.3) is 0 Å². The second-order valence-corrected chi connectivity index (χ2v) is 7.14. The van der Waals surface area contributed by atoms with Gasteiger partial charge in [0.05, 0.1) is 10.7 Å². The lowest BCUT2D eigenvalue weighted by atomic mass is 10.1. The summed E-state index contributed by atoms with van der Waals surface area (Å²) in [6.07, 6.45) is 1.30. The molecule has 21 heavy (non-hydrogen) atoms. The zero-order chi connectivity index (χ0) is 15.5. The molecule has 1 N–H and O–H groups in total. The molecule has 0 spiro atoms. The van der Waals surface area contributed by atoms with Crippen LogP contribution < -0.4 is 0 Å². The van der Waals surface area contributed by atoms with Crippen molar-refractivity contribution in [2.45, 2.75) is 18.6 Å². The van der Waals surface area contributed by atoms with Gasteiger partial charge in [-0.3, -0.25) is 10.1 Å². The average molecular weight is 314 g/mol. The molecule has 0 radical (unpaired) electrons. The Kier molecular flexibility index (Phi) is 4.92. The quantitative estimate of drug-likeness (QED) is 0.626. The molecular weight excluding hydrogens is 296 g/mol. The van der Waals surface area contributed by atoms with Gasteiger partial charge in [-0.15, -0.1) is 0 Å². The van der Waals surface area contributed by atoms with E-state index in [4.69, 9.17) is 5.11 Å². The lowest BCUT2D eigenvalue weighted by molar-refractivity contribution is -0.385. The van der Waals surface area contributed by atoms with Crippen molar-refractivity contribution in [1.82, 2.24) is 4.31 Å². The Labute approximate surface area is 123 Å². The van der Waals surface area contributed by atoms with Crippen molar-refractivity contribution in [2.75, 3.05) is 19.7 Å². The Hall–Kier alpha value is -1.51. The summed E-state index contributed by atoms with van der Waals surface area (Å²) in [5, 5.41) is 19.8. The van der Waals surface area contributed by atoms with Crippen LogP contribution in [0.15, 0.2) is 24.3 Å². The molecule has 1 aliphatic rings. The van der Waals surface area contributed by atoms with Gasteiger partial charge in [-0.1, -0.05) is 18.2 Å². The van der Waals surface area contributed by atoms with Gasteiger partial charge in [0, 0.05) is 31.3 Å². The maximum absolute atomic E-state index is 12.4. The smallest absolute Gasteiger partial charge is 0.273 e. The minimum atomic E-state index is -3.57. The molecular formula is C13H18N2O5S. The fourth-order valence-electron chi connectivity index (χ4n) is 2.57. The van der Waals surface area contributed by atoms with Crippen LogP contribution in [0.3, 0.4) is 0 Å². The molecule has 0 bridgehead atoms. The number of hydrogen-bond acceptors (Lipinski definition) is 5. The highest BCUT2D eigenvalue weighted by Crippen LogP contribution is 2.26. The molecule has 1 aromatic carbocycles.